The molecule has 2 aromatic rings. The number of aryl methyl sites for hydroxylation is 1. The van der Waals surface area contributed by atoms with E-state index in [1.165, 1.54) is 35.3 Å². The average molecular weight is 488 g/mol. The number of sulfone groups is 1. The maximum atomic E-state index is 13.3. The fourth-order valence-electron chi connectivity index (χ4n) is 4.86. The summed E-state index contributed by atoms with van der Waals surface area (Å²) in [6.45, 7) is 0.554. The lowest BCUT2D eigenvalue weighted by Gasteiger charge is -2.34. The summed E-state index contributed by atoms with van der Waals surface area (Å²) in [5, 5.41) is 9.13. The number of hydroxylamine groups is 1. The van der Waals surface area contributed by atoms with Gasteiger partial charge in [0.25, 0.3) is 5.91 Å². The highest BCUT2D eigenvalue weighted by Crippen LogP contribution is 2.36. The van der Waals surface area contributed by atoms with Crippen LogP contribution in [0.5, 0.6) is 5.75 Å². The molecular formula is C25H29NO7S. The summed E-state index contributed by atoms with van der Waals surface area (Å²) >= 11 is 0. The molecule has 2 aromatic carbocycles. The Bertz CT molecular complexity index is 1140. The van der Waals surface area contributed by atoms with Crippen molar-refractivity contribution in [1.29, 1.82) is 0 Å². The molecule has 0 radical (unpaired) electrons. The second kappa shape index (κ2) is 10.2. The molecule has 1 aliphatic carbocycles. The van der Waals surface area contributed by atoms with Gasteiger partial charge in [0.2, 0.25) is 0 Å². The molecule has 1 atom stereocenters. The fourth-order valence-corrected chi connectivity index (χ4v) is 6.80. The highest BCUT2D eigenvalue weighted by molar-refractivity contribution is 7.93. The van der Waals surface area contributed by atoms with Crippen LogP contribution in [0, 0.1) is 0 Å². The zero-order valence-corrected chi connectivity index (χ0v) is 19.7. The Morgan fingerprint density at radius 3 is 2.50 bits per heavy atom. The van der Waals surface area contributed by atoms with Crippen LogP contribution in [0.3, 0.4) is 0 Å². The molecule has 182 valence electrons. The minimum atomic E-state index is -4.07. The molecule has 0 saturated carbocycles. The summed E-state index contributed by atoms with van der Waals surface area (Å²) in [4.78, 5) is 24.9. The van der Waals surface area contributed by atoms with Crippen LogP contribution in [-0.4, -0.2) is 49.9 Å². The van der Waals surface area contributed by atoms with Crippen molar-refractivity contribution in [2.75, 3.05) is 19.8 Å². The van der Waals surface area contributed by atoms with Crippen molar-refractivity contribution in [3.05, 3.63) is 59.7 Å². The Kier molecular flexibility index (Phi) is 7.35. The van der Waals surface area contributed by atoms with Crippen LogP contribution in [0.1, 0.15) is 49.1 Å². The van der Waals surface area contributed by atoms with Gasteiger partial charge in [0.15, 0.2) is 14.6 Å². The van der Waals surface area contributed by atoms with E-state index in [1.54, 1.807) is 0 Å². The van der Waals surface area contributed by atoms with Gasteiger partial charge in [-0.15, -0.1) is 0 Å². The van der Waals surface area contributed by atoms with Gasteiger partial charge in [0.05, 0.1) is 11.5 Å². The number of carbonyl (C=O) groups is 2. The van der Waals surface area contributed by atoms with Gasteiger partial charge in [-0.25, -0.2) is 13.9 Å². The van der Waals surface area contributed by atoms with Gasteiger partial charge in [-0.2, -0.15) is 0 Å². The zero-order valence-electron chi connectivity index (χ0n) is 18.9. The Labute approximate surface area is 199 Å². The number of amides is 1. The Morgan fingerprint density at radius 1 is 1.09 bits per heavy atom. The molecule has 1 fully saturated rings. The molecule has 9 heteroatoms. The van der Waals surface area contributed by atoms with Crippen molar-refractivity contribution in [1.82, 2.24) is 5.48 Å². The molecule has 4 rings (SSSR count). The third-order valence-electron chi connectivity index (χ3n) is 6.82. The standard InChI is InChI=1S/C25H29NO7S/c27-23(22-12-7-18-4-1-2-5-21(18)22)6-3-15-33-19-8-10-20(11-9-19)34(30,31)25(24(28)26-29)13-16-32-17-14-25/h1-2,4-5,8-11,22,29H,3,6-7,12-17H2,(H,26,28). The molecule has 0 bridgehead atoms. The van der Waals surface area contributed by atoms with E-state index in [2.05, 4.69) is 6.07 Å². The van der Waals surface area contributed by atoms with Crippen LogP contribution < -0.4 is 10.2 Å². The lowest BCUT2D eigenvalue weighted by molar-refractivity contribution is -0.134. The fraction of sp³-hybridized carbons (Fsp3) is 0.440. The maximum Gasteiger partial charge on any atom is 0.265 e. The number of ether oxygens (including phenoxy) is 2. The predicted molar refractivity (Wildman–Crippen MR) is 124 cm³/mol. The molecule has 1 unspecified atom stereocenters. The van der Waals surface area contributed by atoms with Gasteiger partial charge in [-0.1, -0.05) is 24.3 Å². The van der Waals surface area contributed by atoms with E-state index in [9.17, 15) is 18.0 Å². The zero-order chi connectivity index (χ0) is 24.2. The van der Waals surface area contributed by atoms with E-state index in [0.29, 0.717) is 25.2 Å². The van der Waals surface area contributed by atoms with Crippen LogP contribution >= 0.6 is 0 Å². The Morgan fingerprint density at radius 2 is 1.79 bits per heavy atom. The topological polar surface area (TPSA) is 119 Å². The first-order valence-corrected chi connectivity index (χ1v) is 13.0. The largest absolute Gasteiger partial charge is 0.494 e. The lowest BCUT2D eigenvalue weighted by atomic mass is 9.94. The summed E-state index contributed by atoms with van der Waals surface area (Å²) in [6, 6.07) is 13.9. The smallest absolute Gasteiger partial charge is 0.265 e. The number of rotatable bonds is 9. The van der Waals surface area contributed by atoms with E-state index < -0.39 is 20.5 Å². The summed E-state index contributed by atoms with van der Waals surface area (Å²) in [5.74, 6) is -0.288. The van der Waals surface area contributed by atoms with E-state index in [-0.39, 0.29) is 42.7 Å². The molecule has 2 N–H and O–H groups in total. The van der Waals surface area contributed by atoms with Gasteiger partial charge in [0.1, 0.15) is 11.5 Å². The minimum absolute atomic E-state index is 0.0274. The number of hydrogen-bond donors (Lipinski definition) is 2. The van der Waals surface area contributed by atoms with Gasteiger partial charge in [0, 0.05) is 25.6 Å². The van der Waals surface area contributed by atoms with E-state index in [0.717, 1.165) is 18.4 Å². The lowest BCUT2D eigenvalue weighted by Crippen LogP contribution is -2.54. The first kappa shape index (κ1) is 24.4. The summed E-state index contributed by atoms with van der Waals surface area (Å²) in [5.41, 5.74) is 3.90. The van der Waals surface area contributed by atoms with E-state index in [4.69, 9.17) is 14.7 Å². The second-order valence-corrected chi connectivity index (χ2v) is 11.0. The van der Waals surface area contributed by atoms with Gasteiger partial charge >= 0.3 is 0 Å². The molecule has 34 heavy (non-hydrogen) atoms. The third-order valence-corrected chi connectivity index (χ3v) is 9.34. The quantitative estimate of drug-likeness (QED) is 0.317. The normalized spacial score (nSPS) is 19.3. The monoisotopic (exact) mass is 487 g/mol. The molecule has 0 aromatic heterocycles. The van der Waals surface area contributed by atoms with Crippen molar-refractivity contribution in [2.24, 2.45) is 0 Å². The van der Waals surface area contributed by atoms with Crippen molar-refractivity contribution >= 4 is 21.5 Å². The molecule has 1 amide bonds. The molecule has 1 heterocycles. The highest BCUT2D eigenvalue weighted by Gasteiger charge is 2.52. The summed E-state index contributed by atoms with van der Waals surface area (Å²) < 4.78 is 35.7. The first-order valence-electron chi connectivity index (χ1n) is 11.5. The maximum absolute atomic E-state index is 13.3. The summed E-state index contributed by atoms with van der Waals surface area (Å²) in [6.07, 6.45) is 2.70. The van der Waals surface area contributed by atoms with Gasteiger partial charge in [-0.3, -0.25) is 14.8 Å². The number of nitrogens with one attached hydrogen (secondary N) is 1. The first-order chi connectivity index (χ1) is 16.4. The SMILES string of the molecule is O=C(CCCOc1ccc(S(=O)(=O)C2(C(=O)NO)CCOCC2)cc1)C1CCc2ccccc21. The van der Waals surface area contributed by atoms with Crippen molar-refractivity contribution in [3.8, 4) is 5.75 Å². The predicted octanol–water partition coefficient (Wildman–Crippen LogP) is 2.97. The van der Waals surface area contributed by atoms with Crippen LogP contribution in [0.15, 0.2) is 53.4 Å². The molecule has 2 aliphatic rings. The van der Waals surface area contributed by atoms with Crippen LogP contribution in [0.25, 0.3) is 0 Å². The third kappa shape index (κ3) is 4.60. The highest BCUT2D eigenvalue weighted by atomic mass is 32.2. The number of carbonyl (C=O) groups excluding carboxylic acids is 2. The average Bonchev–Trinajstić information content (AvgIpc) is 3.31. The number of benzene rings is 2. The Hall–Kier alpha value is -2.75. The molecule has 1 aliphatic heterocycles. The molecular weight excluding hydrogens is 458 g/mol. The van der Waals surface area contributed by atoms with Crippen LogP contribution in [0.2, 0.25) is 0 Å². The Balaban J connectivity index is 1.33. The summed E-state index contributed by atoms with van der Waals surface area (Å²) in [7, 11) is -4.07. The molecule has 1 saturated heterocycles. The van der Waals surface area contributed by atoms with Gasteiger partial charge in [-0.05, 0) is 67.5 Å². The van der Waals surface area contributed by atoms with Crippen molar-refractivity contribution < 1.29 is 32.7 Å². The van der Waals surface area contributed by atoms with Gasteiger partial charge < -0.3 is 9.47 Å². The van der Waals surface area contributed by atoms with Crippen LogP contribution in [-0.2, 0) is 30.6 Å². The second-order valence-electron chi connectivity index (χ2n) is 8.73. The van der Waals surface area contributed by atoms with Crippen molar-refractivity contribution in [3.63, 3.8) is 0 Å². The molecule has 0 spiro atoms. The number of hydrogen-bond acceptors (Lipinski definition) is 7. The number of ketones is 1. The minimum Gasteiger partial charge on any atom is -0.494 e. The number of Topliss-reactive ketones (excluding diaryl/α,β-unsaturated/α-hetero) is 1. The van der Waals surface area contributed by atoms with E-state index in [1.807, 2.05) is 18.2 Å². The van der Waals surface area contributed by atoms with E-state index >= 15 is 0 Å². The van der Waals surface area contributed by atoms with Crippen molar-refractivity contribution in [2.45, 2.75) is 54.1 Å². The number of fused-ring (bicyclic) bond motifs is 1. The molecule has 8 nitrogen and oxygen atoms in total. The van der Waals surface area contributed by atoms with Crippen LogP contribution in [0.4, 0.5) is 0 Å².